The molecule has 0 spiro atoms. The van der Waals surface area contributed by atoms with Crippen LogP contribution >= 0.6 is 15.9 Å². The summed E-state index contributed by atoms with van der Waals surface area (Å²) in [5.74, 6) is 0. The molecule has 0 aliphatic heterocycles. The highest BCUT2D eigenvalue weighted by molar-refractivity contribution is 9.10. The molecular weight excluding hydrogens is 342 g/mol. The van der Waals surface area contributed by atoms with Crippen molar-refractivity contribution in [3.8, 4) is 0 Å². The van der Waals surface area contributed by atoms with Crippen molar-refractivity contribution in [3.63, 3.8) is 0 Å². The predicted molar refractivity (Wildman–Crippen MR) is 81.0 cm³/mol. The number of nitrogens with one attached hydrogen (secondary N) is 2. The van der Waals surface area contributed by atoms with Crippen LogP contribution in [0.1, 0.15) is 17.7 Å². The Labute approximate surface area is 127 Å². The van der Waals surface area contributed by atoms with E-state index in [1.165, 1.54) is 0 Å². The fourth-order valence-electron chi connectivity index (χ4n) is 1.83. The fourth-order valence-corrected chi connectivity index (χ4v) is 3.50. The molecule has 0 aliphatic carbocycles. The normalized spacial score (nSPS) is 11.7. The van der Waals surface area contributed by atoms with E-state index in [1.807, 2.05) is 6.92 Å². The lowest BCUT2D eigenvalue weighted by atomic mass is 10.1. The lowest BCUT2D eigenvalue weighted by molar-refractivity contribution is 0.579. The number of aromatic nitrogens is 2. The maximum Gasteiger partial charge on any atom is 0.240 e. The van der Waals surface area contributed by atoms with Gasteiger partial charge in [-0.15, -0.1) is 0 Å². The van der Waals surface area contributed by atoms with Gasteiger partial charge in [0.05, 0.1) is 11.1 Å². The Bertz CT molecular complexity index is 682. The van der Waals surface area contributed by atoms with Crippen molar-refractivity contribution in [2.24, 2.45) is 0 Å². The minimum absolute atomic E-state index is 0.270. The van der Waals surface area contributed by atoms with Crippen LogP contribution in [0.2, 0.25) is 0 Å². The van der Waals surface area contributed by atoms with Crippen LogP contribution in [0.25, 0.3) is 0 Å². The lowest BCUT2D eigenvalue weighted by Gasteiger charge is -2.07. The number of aromatic amines is 1. The van der Waals surface area contributed by atoms with Gasteiger partial charge in [0, 0.05) is 16.7 Å². The third-order valence-corrected chi connectivity index (χ3v) is 4.91. The molecule has 0 atom stereocenters. The predicted octanol–water partition coefficient (Wildman–Crippen LogP) is 2.39. The number of aryl methyl sites for hydroxylation is 2. The Morgan fingerprint density at radius 2 is 2.20 bits per heavy atom. The highest BCUT2D eigenvalue weighted by Gasteiger charge is 2.13. The first kappa shape index (κ1) is 15.2. The van der Waals surface area contributed by atoms with E-state index < -0.39 is 10.0 Å². The van der Waals surface area contributed by atoms with Gasteiger partial charge >= 0.3 is 0 Å². The summed E-state index contributed by atoms with van der Waals surface area (Å²) in [6.07, 6.45) is 3.30. The standard InChI is InChI=1S/C13H16BrN3O2S/c1-10-11(9-15-17-10)4-3-7-16-20(18,19)13-6-2-5-12(14)8-13/h2,5-6,8-9,16H,3-4,7H2,1H3,(H,15,17). The average Bonchev–Trinajstić information content (AvgIpc) is 2.80. The molecule has 0 bridgehead atoms. The van der Waals surface area contributed by atoms with E-state index in [0.29, 0.717) is 6.54 Å². The highest BCUT2D eigenvalue weighted by Crippen LogP contribution is 2.15. The fraction of sp³-hybridized carbons (Fsp3) is 0.308. The van der Waals surface area contributed by atoms with Crippen molar-refractivity contribution in [1.82, 2.24) is 14.9 Å². The Balaban J connectivity index is 1.89. The second kappa shape index (κ2) is 6.51. The molecule has 0 radical (unpaired) electrons. The van der Waals surface area contributed by atoms with Gasteiger partial charge in [-0.25, -0.2) is 13.1 Å². The average molecular weight is 358 g/mol. The van der Waals surface area contributed by atoms with Crippen molar-refractivity contribution < 1.29 is 8.42 Å². The van der Waals surface area contributed by atoms with Gasteiger partial charge in [-0.2, -0.15) is 5.10 Å². The van der Waals surface area contributed by atoms with E-state index in [0.717, 1.165) is 28.6 Å². The van der Waals surface area contributed by atoms with Gasteiger partial charge in [-0.1, -0.05) is 22.0 Å². The molecule has 2 rings (SSSR count). The number of sulfonamides is 1. The SMILES string of the molecule is Cc1[nH]ncc1CCCNS(=O)(=O)c1cccc(Br)c1. The van der Waals surface area contributed by atoms with Gasteiger partial charge in [0.1, 0.15) is 0 Å². The molecule has 7 heteroatoms. The number of H-pyrrole nitrogens is 1. The zero-order chi connectivity index (χ0) is 14.6. The number of rotatable bonds is 6. The third-order valence-electron chi connectivity index (χ3n) is 2.96. The largest absolute Gasteiger partial charge is 0.283 e. The summed E-state index contributed by atoms with van der Waals surface area (Å²) < 4.78 is 27.5. The molecular formula is C13H16BrN3O2S. The van der Waals surface area contributed by atoms with Gasteiger partial charge in [-0.05, 0) is 43.5 Å². The van der Waals surface area contributed by atoms with Crippen LogP contribution < -0.4 is 4.72 Å². The van der Waals surface area contributed by atoms with E-state index in [2.05, 4.69) is 30.8 Å². The van der Waals surface area contributed by atoms with E-state index in [-0.39, 0.29) is 4.90 Å². The number of halogens is 1. The van der Waals surface area contributed by atoms with Crippen LogP contribution in [-0.2, 0) is 16.4 Å². The first-order valence-corrected chi connectivity index (χ1v) is 8.51. The Kier molecular flexibility index (Phi) is 4.95. The maximum absolute atomic E-state index is 12.1. The quantitative estimate of drug-likeness (QED) is 0.779. The van der Waals surface area contributed by atoms with Crippen LogP contribution in [0, 0.1) is 6.92 Å². The molecule has 0 saturated heterocycles. The Morgan fingerprint density at radius 1 is 1.40 bits per heavy atom. The molecule has 108 valence electrons. The van der Waals surface area contributed by atoms with Crippen LogP contribution in [0.5, 0.6) is 0 Å². The summed E-state index contributed by atoms with van der Waals surface area (Å²) in [7, 11) is -3.44. The summed E-state index contributed by atoms with van der Waals surface area (Å²) in [4.78, 5) is 0.270. The number of benzene rings is 1. The highest BCUT2D eigenvalue weighted by atomic mass is 79.9. The number of nitrogens with zero attached hydrogens (tertiary/aromatic N) is 1. The zero-order valence-corrected chi connectivity index (χ0v) is 13.5. The molecule has 20 heavy (non-hydrogen) atoms. The van der Waals surface area contributed by atoms with E-state index in [1.54, 1.807) is 30.5 Å². The minimum Gasteiger partial charge on any atom is -0.283 e. The zero-order valence-electron chi connectivity index (χ0n) is 11.1. The second-order valence-corrected chi connectivity index (χ2v) is 7.16. The van der Waals surface area contributed by atoms with Crippen molar-refractivity contribution in [2.75, 3.05) is 6.54 Å². The second-order valence-electron chi connectivity index (χ2n) is 4.48. The molecule has 1 aromatic heterocycles. The van der Waals surface area contributed by atoms with Crippen LogP contribution in [0.4, 0.5) is 0 Å². The smallest absolute Gasteiger partial charge is 0.240 e. The molecule has 0 amide bonds. The van der Waals surface area contributed by atoms with Gasteiger partial charge in [-0.3, -0.25) is 5.10 Å². The number of hydrogen-bond donors (Lipinski definition) is 2. The van der Waals surface area contributed by atoms with Crippen molar-refractivity contribution in [1.29, 1.82) is 0 Å². The maximum atomic E-state index is 12.1. The molecule has 1 heterocycles. The monoisotopic (exact) mass is 357 g/mol. The molecule has 1 aromatic carbocycles. The van der Waals surface area contributed by atoms with Crippen LogP contribution in [0.3, 0.4) is 0 Å². The Hall–Kier alpha value is -1.18. The molecule has 2 aromatic rings. The Morgan fingerprint density at radius 3 is 2.85 bits per heavy atom. The van der Waals surface area contributed by atoms with Crippen molar-refractivity contribution in [2.45, 2.75) is 24.7 Å². The van der Waals surface area contributed by atoms with Crippen LogP contribution in [-0.4, -0.2) is 25.2 Å². The molecule has 0 saturated carbocycles. The van der Waals surface area contributed by atoms with E-state index >= 15 is 0 Å². The lowest BCUT2D eigenvalue weighted by Crippen LogP contribution is -2.25. The minimum atomic E-state index is -3.44. The summed E-state index contributed by atoms with van der Waals surface area (Å²) in [6, 6.07) is 6.66. The van der Waals surface area contributed by atoms with E-state index in [9.17, 15) is 8.42 Å². The number of hydrogen-bond acceptors (Lipinski definition) is 3. The van der Waals surface area contributed by atoms with Gasteiger partial charge < -0.3 is 0 Å². The third kappa shape index (κ3) is 3.91. The first-order valence-electron chi connectivity index (χ1n) is 6.23. The molecule has 0 unspecified atom stereocenters. The molecule has 2 N–H and O–H groups in total. The van der Waals surface area contributed by atoms with Gasteiger partial charge in [0.2, 0.25) is 10.0 Å². The summed E-state index contributed by atoms with van der Waals surface area (Å²) in [5.41, 5.74) is 2.14. The van der Waals surface area contributed by atoms with Gasteiger partial charge in [0.25, 0.3) is 0 Å². The van der Waals surface area contributed by atoms with Crippen molar-refractivity contribution >= 4 is 26.0 Å². The van der Waals surface area contributed by atoms with Crippen molar-refractivity contribution in [3.05, 3.63) is 46.2 Å². The van der Waals surface area contributed by atoms with Gasteiger partial charge in [0.15, 0.2) is 0 Å². The summed E-state index contributed by atoms with van der Waals surface area (Å²) in [5, 5.41) is 6.80. The molecule has 0 aliphatic rings. The van der Waals surface area contributed by atoms with Crippen LogP contribution in [0.15, 0.2) is 39.8 Å². The first-order chi connectivity index (χ1) is 9.49. The summed E-state index contributed by atoms with van der Waals surface area (Å²) in [6.45, 7) is 2.35. The molecule has 0 fully saturated rings. The van der Waals surface area contributed by atoms with E-state index in [4.69, 9.17) is 0 Å². The molecule has 5 nitrogen and oxygen atoms in total. The summed E-state index contributed by atoms with van der Waals surface area (Å²) >= 11 is 3.27. The topological polar surface area (TPSA) is 74.8 Å².